The standard InChI is InChI=1S/C16H20N2O4/c1-3-4-10-22-13(19)11-18-14(20)16(2,17-15(18)21)12-8-6-5-7-9-12/h5-9H,3-4,10-11H2,1-2H3,(H,17,21)/t16-/m1/s1. The highest BCUT2D eigenvalue weighted by atomic mass is 16.5. The second-order valence-corrected chi connectivity index (χ2v) is 5.39. The summed E-state index contributed by atoms with van der Waals surface area (Å²) < 4.78 is 5.00. The summed E-state index contributed by atoms with van der Waals surface area (Å²) in [6, 6.07) is 8.37. The van der Waals surface area contributed by atoms with E-state index in [0.717, 1.165) is 17.7 Å². The Hall–Kier alpha value is -2.37. The molecule has 0 unspecified atom stereocenters. The number of nitrogens with zero attached hydrogens (tertiary/aromatic N) is 1. The minimum absolute atomic E-state index is 0.301. The number of carbonyl (C=O) groups is 3. The van der Waals surface area contributed by atoms with E-state index in [2.05, 4.69) is 5.32 Å². The Kier molecular flexibility index (Phi) is 4.80. The highest BCUT2D eigenvalue weighted by molar-refractivity contribution is 6.08. The molecule has 1 aromatic carbocycles. The topological polar surface area (TPSA) is 75.7 Å². The van der Waals surface area contributed by atoms with Crippen molar-refractivity contribution in [3.05, 3.63) is 35.9 Å². The summed E-state index contributed by atoms with van der Waals surface area (Å²) in [5, 5.41) is 2.65. The predicted octanol–water partition coefficient (Wildman–Crippen LogP) is 1.80. The van der Waals surface area contributed by atoms with Crippen LogP contribution in [0.5, 0.6) is 0 Å². The first-order valence-corrected chi connectivity index (χ1v) is 7.34. The molecule has 0 bridgehead atoms. The second-order valence-electron chi connectivity index (χ2n) is 5.39. The van der Waals surface area contributed by atoms with Gasteiger partial charge in [-0.1, -0.05) is 43.7 Å². The Morgan fingerprint density at radius 2 is 1.95 bits per heavy atom. The van der Waals surface area contributed by atoms with Crippen molar-refractivity contribution in [2.75, 3.05) is 13.2 Å². The van der Waals surface area contributed by atoms with E-state index >= 15 is 0 Å². The SMILES string of the molecule is CCCCOC(=O)CN1C(=O)N[C@](C)(c2ccccc2)C1=O. The van der Waals surface area contributed by atoms with Gasteiger partial charge in [0.15, 0.2) is 0 Å². The first-order valence-electron chi connectivity index (χ1n) is 7.34. The van der Waals surface area contributed by atoms with Crippen LogP contribution in [0, 0.1) is 0 Å². The molecule has 2 rings (SSSR count). The summed E-state index contributed by atoms with van der Waals surface area (Å²) in [5.41, 5.74) is -0.475. The first-order chi connectivity index (χ1) is 10.5. The van der Waals surface area contributed by atoms with Crippen LogP contribution in [0.3, 0.4) is 0 Å². The third-order valence-electron chi connectivity index (χ3n) is 3.67. The lowest BCUT2D eigenvalue weighted by molar-refractivity contribution is -0.147. The van der Waals surface area contributed by atoms with Gasteiger partial charge in [-0.25, -0.2) is 4.79 Å². The van der Waals surface area contributed by atoms with Crippen molar-refractivity contribution < 1.29 is 19.1 Å². The fraction of sp³-hybridized carbons (Fsp3) is 0.438. The maximum atomic E-state index is 12.5. The summed E-state index contributed by atoms with van der Waals surface area (Å²) in [4.78, 5) is 37.2. The van der Waals surface area contributed by atoms with Crippen LogP contribution in [0.1, 0.15) is 32.3 Å². The molecule has 1 aromatic rings. The minimum atomic E-state index is -1.15. The molecule has 1 atom stereocenters. The molecule has 1 aliphatic heterocycles. The van der Waals surface area contributed by atoms with Gasteiger partial charge in [0.25, 0.3) is 5.91 Å². The van der Waals surface area contributed by atoms with Crippen molar-refractivity contribution >= 4 is 17.9 Å². The lowest BCUT2D eigenvalue weighted by Crippen LogP contribution is -2.41. The number of ether oxygens (including phenoxy) is 1. The number of hydrogen-bond acceptors (Lipinski definition) is 4. The number of nitrogens with one attached hydrogen (secondary N) is 1. The van der Waals surface area contributed by atoms with Gasteiger partial charge in [0.1, 0.15) is 12.1 Å². The van der Waals surface area contributed by atoms with Gasteiger partial charge in [-0.2, -0.15) is 0 Å². The molecule has 1 heterocycles. The van der Waals surface area contributed by atoms with Gasteiger partial charge < -0.3 is 10.1 Å². The summed E-state index contributed by atoms with van der Waals surface area (Å²) in [6.07, 6.45) is 1.66. The fourth-order valence-electron chi connectivity index (χ4n) is 2.31. The molecule has 22 heavy (non-hydrogen) atoms. The number of esters is 1. The van der Waals surface area contributed by atoms with Gasteiger partial charge in [-0.05, 0) is 18.9 Å². The van der Waals surface area contributed by atoms with Gasteiger partial charge in [-0.15, -0.1) is 0 Å². The van der Waals surface area contributed by atoms with E-state index < -0.39 is 23.4 Å². The summed E-state index contributed by atoms with van der Waals surface area (Å²) in [5.74, 6) is -1.02. The average Bonchev–Trinajstić information content (AvgIpc) is 2.73. The first kappa shape index (κ1) is 16.0. The van der Waals surface area contributed by atoms with Crippen LogP contribution in [0.15, 0.2) is 30.3 Å². The summed E-state index contributed by atoms with van der Waals surface area (Å²) in [6.45, 7) is 3.55. The molecule has 118 valence electrons. The van der Waals surface area contributed by atoms with Crippen LogP contribution in [0.25, 0.3) is 0 Å². The van der Waals surface area contributed by atoms with Crippen LogP contribution in [-0.4, -0.2) is 36.0 Å². The number of imide groups is 1. The number of unbranched alkanes of at least 4 members (excludes halogenated alkanes) is 1. The van der Waals surface area contributed by atoms with Gasteiger partial charge in [0.05, 0.1) is 6.61 Å². The van der Waals surface area contributed by atoms with Crippen LogP contribution in [-0.2, 0) is 19.9 Å². The Balaban J connectivity index is 2.07. The minimum Gasteiger partial charge on any atom is -0.464 e. The lowest BCUT2D eigenvalue weighted by Gasteiger charge is -2.21. The largest absolute Gasteiger partial charge is 0.464 e. The molecule has 1 N–H and O–H groups in total. The van der Waals surface area contributed by atoms with Crippen molar-refractivity contribution in [3.8, 4) is 0 Å². The van der Waals surface area contributed by atoms with Gasteiger partial charge in [-0.3, -0.25) is 14.5 Å². The van der Waals surface area contributed by atoms with Crippen LogP contribution in [0.2, 0.25) is 0 Å². The van der Waals surface area contributed by atoms with Crippen molar-refractivity contribution in [3.63, 3.8) is 0 Å². The van der Waals surface area contributed by atoms with Gasteiger partial charge in [0.2, 0.25) is 0 Å². The summed E-state index contributed by atoms with van der Waals surface area (Å²) >= 11 is 0. The van der Waals surface area contributed by atoms with E-state index in [-0.39, 0.29) is 6.54 Å². The third kappa shape index (κ3) is 3.10. The number of urea groups is 1. The quantitative estimate of drug-likeness (QED) is 0.494. The normalized spacial score (nSPS) is 20.9. The van der Waals surface area contributed by atoms with E-state index in [1.807, 2.05) is 13.0 Å². The molecule has 0 spiro atoms. The predicted molar refractivity (Wildman–Crippen MR) is 79.9 cm³/mol. The van der Waals surface area contributed by atoms with E-state index in [0.29, 0.717) is 12.2 Å². The Morgan fingerprint density at radius 3 is 2.59 bits per heavy atom. The van der Waals surface area contributed by atoms with Crippen molar-refractivity contribution in [2.24, 2.45) is 0 Å². The molecule has 6 nitrogen and oxygen atoms in total. The molecule has 1 saturated heterocycles. The molecule has 1 aliphatic rings. The van der Waals surface area contributed by atoms with Crippen molar-refractivity contribution in [2.45, 2.75) is 32.2 Å². The van der Waals surface area contributed by atoms with E-state index in [1.54, 1.807) is 31.2 Å². The average molecular weight is 304 g/mol. The molecule has 6 heteroatoms. The molecule has 1 fully saturated rings. The van der Waals surface area contributed by atoms with E-state index in [1.165, 1.54) is 0 Å². The smallest absolute Gasteiger partial charge is 0.326 e. The van der Waals surface area contributed by atoms with Crippen LogP contribution < -0.4 is 5.32 Å². The second kappa shape index (κ2) is 6.60. The molecule has 0 radical (unpaired) electrons. The molecular weight excluding hydrogens is 284 g/mol. The Labute approximate surface area is 129 Å². The fourth-order valence-corrected chi connectivity index (χ4v) is 2.31. The number of rotatable bonds is 6. The number of carbonyl (C=O) groups excluding carboxylic acids is 3. The zero-order valence-corrected chi connectivity index (χ0v) is 12.8. The maximum absolute atomic E-state index is 12.5. The monoisotopic (exact) mass is 304 g/mol. The van der Waals surface area contributed by atoms with Gasteiger partial charge in [0, 0.05) is 0 Å². The molecule has 0 aromatic heterocycles. The zero-order valence-electron chi connectivity index (χ0n) is 12.8. The van der Waals surface area contributed by atoms with Crippen molar-refractivity contribution in [1.29, 1.82) is 0 Å². The van der Waals surface area contributed by atoms with Crippen LogP contribution >= 0.6 is 0 Å². The number of hydrogen-bond donors (Lipinski definition) is 1. The third-order valence-corrected chi connectivity index (χ3v) is 3.67. The summed E-state index contributed by atoms with van der Waals surface area (Å²) in [7, 11) is 0. The van der Waals surface area contributed by atoms with Crippen LogP contribution in [0.4, 0.5) is 4.79 Å². The maximum Gasteiger partial charge on any atom is 0.326 e. The molecular formula is C16H20N2O4. The highest BCUT2D eigenvalue weighted by Crippen LogP contribution is 2.28. The lowest BCUT2D eigenvalue weighted by atomic mass is 9.92. The Bertz CT molecular complexity index is 573. The van der Waals surface area contributed by atoms with E-state index in [4.69, 9.17) is 4.74 Å². The van der Waals surface area contributed by atoms with Gasteiger partial charge >= 0.3 is 12.0 Å². The van der Waals surface area contributed by atoms with Crippen molar-refractivity contribution in [1.82, 2.24) is 10.2 Å². The number of amides is 3. The Morgan fingerprint density at radius 1 is 1.27 bits per heavy atom. The zero-order chi connectivity index (χ0) is 16.2. The molecule has 0 saturated carbocycles. The van der Waals surface area contributed by atoms with E-state index in [9.17, 15) is 14.4 Å². The molecule has 0 aliphatic carbocycles. The highest BCUT2D eigenvalue weighted by Gasteiger charge is 2.49. The molecule has 3 amide bonds. The number of benzene rings is 1.